The molecule has 33 heavy (non-hydrogen) atoms. The largest absolute Gasteiger partial charge is 0.456 e. The van der Waals surface area contributed by atoms with Crippen molar-refractivity contribution < 1.29 is 14.3 Å². The van der Waals surface area contributed by atoms with Gasteiger partial charge in [-0.05, 0) is 63.1 Å². The molecule has 0 N–H and O–H groups in total. The van der Waals surface area contributed by atoms with Crippen molar-refractivity contribution >= 4 is 40.1 Å². The van der Waals surface area contributed by atoms with E-state index in [1.807, 2.05) is 13.0 Å². The summed E-state index contributed by atoms with van der Waals surface area (Å²) in [6, 6.07) is 12.5. The Morgan fingerprint density at radius 2 is 1.82 bits per heavy atom. The molecule has 0 bridgehead atoms. The molecule has 0 saturated carbocycles. The number of benzene rings is 2. The van der Waals surface area contributed by atoms with Crippen molar-refractivity contribution in [2.45, 2.75) is 40.7 Å². The number of anilines is 1. The number of thiazole rings is 1. The van der Waals surface area contributed by atoms with E-state index in [1.165, 1.54) is 17.0 Å². The van der Waals surface area contributed by atoms with Crippen LogP contribution in [0.1, 0.15) is 57.6 Å². The minimum absolute atomic E-state index is 0.103. The SMILES string of the molecule is CCc1cc(N(CC)CC)ccc1N=Nc1nc(C)c(COC(=O)c2ccc(C=O)cc2)s1. The number of hydrogen-bond acceptors (Lipinski definition) is 8. The van der Waals surface area contributed by atoms with E-state index in [0.29, 0.717) is 16.3 Å². The number of carbonyl (C=O) groups is 2. The van der Waals surface area contributed by atoms with E-state index in [1.54, 1.807) is 24.3 Å². The molecule has 0 fully saturated rings. The Labute approximate surface area is 198 Å². The van der Waals surface area contributed by atoms with Crippen molar-refractivity contribution in [1.29, 1.82) is 0 Å². The first-order valence-corrected chi connectivity index (χ1v) is 11.8. The van der Waals surface area contributed by atoms with Crippen molar-refractivity contribution in [2.24, 2.45) is 10.2 Å². The fourth-order valence-corrected chi connectivity index (χ4v) is 4.13. The molecule has 0 unspecified atom stereocenters. The van der Waals surface area contributed by atoms with Gasteiger partial charge in [0.2, 0.25) is 5.13 Å². The van der Waals surface area contributed by atoms with E-state index in [0.717, 1.165) is 47.6 Å². The van der Waals surface area contributed by atoms with Crippen LogP contribution in [0.5, 0.6) is 0 Å². The van der Waals surface area contributed by atoms with Crippen molar-refractivity contribution in [3.8, 4) is 0 Å². The molecule has 3 aromatic rings. The second-order valence-electron chi connectivity index (χ2n) is 7.36. The van der Waals surface area contributed by atoms with E-state index in [4.69, 9.17) is 4.74 Å². The van der Waals surface area contributed by atoms with Crippen LogP contribution in [-0.2, 0) is 17.8 Å². The second-order valence-corrected chi connectivity index (χ2v) is 8.42. The molecule has 0 aliphatic rings. The average molecular weight is 465 g/mol. The third-order valence-electron chi connectivity index (χ3n) is 5.31. The maximum absolute atomic E-state index is 12.3. The second kappa shape index (κ2) is 11.5. The van der Waals surface area contributed by atoms with Crippen LogP contribution >= 0.6 is 11.3 Å². The summed E-state index contributed by atoms with van der Waals surface area (Å²) < 4.78 is 5.40. The number of azo groups is 1. The number of aryl methyl sites for hydroxylation is 2. The molecule has 0 aliphatic carbocycles. The summed E-state index contributed by atoms with van der Waals surface area (Å²) in [6.45, 7) is 10.3. The maximum Gasteiger partial charge on any atom is 0.338 e. The first-order valence-electron chi connectivity index (χ1n) is 11.0. The van der Waals surface area contributed by atoms with Crippen LogP contribution < -0.4 is 4.90 Å². The number of hydrogen-bond donors (Lipinski definition) is 0. The van der Waals surface area contributed by atoms with Crippen LogP contribution in [0.25, 0.3) is 0 Å². The molecular formula is C25H28N4O3S. The zero-order valence-electron chi connectivity index (χ0n) is 19.4. The maximum atomic E-state index is 12.3. The van der Waals surface area contributed by atoms with Gasteiger partial charge < -0.3 is 9.64 Å². The fraction of sp³-hybridized carbons (Fsp3) is 0.320. The van der Waals surface area contributed by atoms with Crippen molar-refractivity contribution in [3.05, 3.63) is 69.7 Å². The number of aromatic nitrogens is 1. The molecular weight excluding hydrogens is 436 g/mol. The minimum Gasteiger partial charge on any atom is -0.456 e. The molecule has 0 amide bonds. The first-order chi connectivity index (χ1) is 16.0. The van der Waals surface area contributed by atoms with Crippen LogP contribution in [-0.4, -0.2) is 30.3 Å². The number of esters is 1. The van der Waals surface area contributed by atoms with Crippen LogP contribution in [0.3, 0.4) is 0 Å². The summed E-state index contributed by atoms with van der Waals surface area (Å²) in [7, 11) is 0. The summed E-state index contributed by atoms with van der Waals surface area (Å²) >= 11 is 1.35. The van der Waals surface area contributed by atoms with Crippen molar-refractivity contribution in [1.82, 2.24) is 4.98 Å². The molecule has 0 aliphatic heterocycles. The predicted molar refractivity (Wildman–Crippen MR) is 131 cm³/mol. The highest BCUT2D eigenvalue weighted by Gasteiger charge is 2.13. The lowest BCUT2D eigenvalue weighted by Crippen LogP contribution is -2.21. The molecule has 2 aromatic carbocycles. The molecule has 172 valence electrons. The third-order valence-corrected chi connectivity index (χ3v) is 6.33. The number of ether oxygens (including phenoxy) is 1. The summed E-state index contributed by atoms with van der Waals surface area (Å²) in [4.78, 5) is 30.6. The lowest BCUT2D eigenvalue weighted by atomic mass is 10.1. The summed E-state index contributed by atoms with van der Waals surface area (Å²) in [5.41, 5.74) is 4.80. The first kappa shape index (κ1) is 24.3. The predicted octanol–water partition coefficient (Wildman–Crippen LogP) is 6.45. The van der Waals surface area contributed by atoms with Crippen LogP contribution in [0.2, 0.25) is 0 Å². The molecule has 0 atom stereocenters. The molecule has 1 heterocycles. The highest BCUT2D eigenvalue weighted by Crippen LogP contribution is 2.30. The van der Waals surface area contributed by atoms with Crippen LogP contribution in [0.4, 0.5) is 16.5 Å². The third kappa shape index (κ3) is 6.10. The van der Waals surface area contributed by atoms with Gasteiger partial charge in [-0.1, -0.05) is 30.4 Å². The minimum atomic E-state index is -0.454. The Morgan fingerprint density at radius 3 is 2.45 bits per heavy atom. The van der Waals surface area contributed by atoms with Gasteiger partial charge in [-0.3, -0.25) is 4.79 Å². The molecule has 8 heteroatoms. The van der Waals surface area contributed by atoms with Gasteiger partial charge in [0.05, 0.1) is 21.8 Å². The van der Waals surface area contributed by atoms with Crippen LogP contribution in [0.15, 0.2) is 52.7 Å². The standard InChI is InChI=1S/C25H28N4O3S/c1-5-19-14-21(29(6-2)7-3)12-13-22(19)27-28-25-26-17(4)23(33-25)16-32-24(31)20-10-8-18(15-30)9-11-20/h8-15H,5-7,16H2,1-4H3. The van der Waals surface area contributed by atoms with Gasteiger partial charge in [0.25, 0.3) is 0 Å². The lowest BCUT2D eigenvalue weighted by Gasteiger charge is -2.21. The van der Waals surface area contributed by atoms with Gasteiger partial charge in [0.1, 0.15) is 12.9 Å². The zero-order chi connectivity index (χ0) is 23.8. The Morgan fingerprint density at radius 1 is 1.09 bits per heavy atom. The highest BCUT2D eigenvalue weighted by molar-refractivity contribution is 7.15. The van der Waals surface area contributed by atoms with Crippen molar-refractivity contribution in [3.63, 3.8) is 0 Å². The number of aldehydes is 1. The summed E-state index contributed by atoms with van der Waals surface area (Å²) in [6.07, 6.45) is 1.59. The molecule has 0 saturated heterocycles. The van der Waals surface area contributed by atoms with E-state index < -0.39 is 5.97 Å². The van der Waals surface area contributed by atoms with Gasteiger partial charge in [0.15, 0.2) is 0 Å². The molecule has 7 nitrogen and oxygen atoms in total. The number of carbonyl (C=O) groups excluding carboxylic acids is 2. The quantitative estimate of drug-likeness (QED) is 0.196. The molecule has 0 radical (unpaired) electrons. The topological polar surface area (TPSA) is 84.2 Å². The molecule has 1 aromatic heterocycles. The fourth-order valence-electron chi connectivity index (χ4n) is 3.34. The van der Waals surface area contributed by atoms with E-state index in [-0.39, 0.29) is 6.61 Å². The molecule has 3 rings (SSSR count). The summed E-state index contributed by atoms with van der Waals surface area (Å²) in [5, 5.41) is 9.28. The van der Waals surface area contributed by atoms with Gasteiger partial charge in [-0.15, -0.1) is 10.2 Å². The van der Waals surface area contributed by atoms with Crippen LogP contribution in [0, 0.1) is 6.92 Å². The Kier molecular flexibility index (Phi) is 8.43. The van der Waals surface area contributed by atoms with Gasteiger partial charge >= 0.3 is 5.97 Å². The Balaban J connectivity index is 1.68. The average Bonchev–Trinajstić information content (AvgIpc) is 3.21. The smallest absolute Gasteiger partial charge is 0.338 e. The summed E-state index contributed by atoms with van der Waals surface area (Å²) in [5.74, 6) is -0.454. The number of nitrogens with zero attached hydrogens (tertiary/aromatic N) is 4. The molecule has 0 spiro atoms. The zero-order valence-corrected chi connectivity index (χ0v) is 20.2. The lowest BCUT2D eigenvalue weighted by molar-refractivity contribution is 0.0476. The van der Waals surface area contributed by atoms with E-state index in [2.05, 4.69) is 53.0 Å². The Bertz CT molecular complexity index is 1140. The van der Waals surface area contributed by atoms with Crippen molar-refractivity contribution in [2.75, 3.05) is 18.0 Å². The van der Waals surface area contributed by atoms with E-state index in [9.17, 15) is 9.59 Å². The van der Waals surface area contributed by atoms with Gasteiger partial charge in [-0.2, -0.15) is 0 Å². The Hall–Kier alpha value is -3.39. The number of rotatable bonds is 10. The van der Waals surface area contributed by atoms with E-state index >= 15 is 0 Å². The monoisotopic (exact) mass is 464 g/mol. The highest BCUT2D eigenvalue weighted by atomic mass is 32.1. The van der Waals surface area contributed by atoms with Gasteiger partial charge in [0, 0.05) is 24.3 Å². The normalized spacial score (nSPS) is 11.0. The van der Waals surface area contributed by atoms with Gasteiger partial charge in [-0.25, -0.2) is 9.78 Å².